The van der Waals surface area contributed by atoms with Crippen molar-refractivity contribution in [2.24, 2.45) is 5.92 Å². The Bertz CT molecular complexity index is 1080. The summed E-state index contributed by atoms with van der Waals surface area (Å²) in [7, 11) is 0. The van der Waals surface area contributed by atoms with Crippen LogP contribution < -0.4 is 10.1 Å². The van der Waals surface area contributed by atoms with Crippen molar-refractivity contribution in [2.75, 3.05) is 6.54 Å². The molecule has 2 N–H and O–H groups in total. The maximum absolute atomic E-state index is 13.0. The van der Waals surface area contributed by atoms with Crippen LogP contribution in [0.5, 0.6) is 5.75 Å². The Morgan fingerprint density at radius 1 is 1.03 bits per heavy atom. The van der Waals surface area contributed by atoms with E-state index in [1.54, 1.807) is 19.1 Å². The highest BCUT2D eigenvalue weighted by atomic mass is 19.4. The summed E-state index contributed by atoms with van der Waals surface area (Å²) in [4.78, 5) is 16.0. The van der Waals surface area contributed by atoms with Crippen molar-refractivity contribution < 1.29 is 22.7 Å². The largest absolute Gasteiger partial charge is 0.573 e. The zero-order valence-electron chi connectivity index (χ0n) is 18.4. The van der Waals surface area contributed by atoms with Gasteiger partial charge in [0.1, 0.15) is 5.75 Å². The van der Waals surface area contributed by atoms with E-state index in [0.717, 1.165) is 25.7 Å². The molecule has 4 rings (SSSR count). The van der Waals surface area contributed by atoms with Gasteiger partial charge < -0.3 is 15.0 Å². The van der Waals surface area contributed by atoms with Gasteiger partial charge in [0.25, 0.3) is 5.91 Å². The monoisotopic (exact) mass is 456 g/mol. The summed E-state index contributed by atoms with van der Waals surface area (Å²) < 4.78 is 42.7. The molecule has 1 saturated carbocycles. The van der Waals surface area contributed by atoms with Crippen molar-refractivity contribution in [1.29, 1.82) is 0 Å². The zero-order chi connectivity index (χ0) is 23.4. The van der Waals surface area contributed by atoms with Crippen LogP contribution in [0.25, 0.3) is 11.3 Å². The number of carbonyl (C=O) groups is 1. The lowest BCUT2D eigenvalue weighted by Gasteiger charge is -2.29. The number of benzene rings is 2. The number of halogens is 3. The average molecular weight is 457 g/mol. The van der Waals surface area contributed by atoms with Crippen LogP contribution in [0, 0.1) is 12.8 Å². The Morgan fingerprint density at radius 3 is 2.39 bits per heavy atom. The van der Waals surface area contributed by atoms with Crippen LogP contribution in [-0.4, -0.2) is 23.8 Å². The molecule has 0 saturated heterocycles. The number of amides is 1. The second-order valence-electron chi connectivity index (χ2n) is 8.62. The molecule has 0 spiro atoms. The predicted molar refractivity (Wildman–Crippen MR) is 121 cm³/mol. The molecule has 1 fully saturated rings. The van der Waals surface area contributed by atoms with E-state index in [1.807, 2.05) is 6.07 Å². The molecule has 2 aromatic carbocycles. The molecule has 3 aromatic rings. The first-order valence-electron chi connectivity index (χ1n) is 11.2. The summed E-state index contributed by atoms with van der Waals surface area (Å²) in [6.45, 7) is 2.31. The number of aromatic nitrogens is 1. The van der Waals surface area contributed by atoms with Gasteiger partial charge in [-0.25, -0.2) is 0 Å². The first-order chi connectivity index (χ1) is 15.8. The van der Waals surface area contributed by atoms with Crippen LogP contribution in [-0.2, 0) is 0 Å². The molecular formula is C26H27F3N2O2. The predicted octanol–water partition coefficient (Wildman–Crippen LogP) is 6.59. The number of H-pyrrole nitrogens is 1. The lowest BCUT2D eigenvalue weighted by Crippen LogP contribution is -2.31. The Morgan fingerprint density at radius 2 is 1.70 bits per heavy atom. The van der Waals surface area contributed by atoms with Crippen molar-refractivity contribution in [2.45, 2.75) is 44.9 Å². The molecular weight excluding hydrogens is 429 g/mol. The molecule has 1 aliphatic carbocycles. The van der Waals surface area contributed by atoms with Crippen molar-refractivity contribution in [3.8, 4) is 17.0 Å². The van der Waals surface area contributed by atoms with E-state index in [-0.39, 0.29) is 17.2 Å². The SMILES string of the molecule is Cc1cc(C(=O)NCC2CCC(c3ccccc3)CC2)c(-c2ccccc2OC(F)(F)F)[nH]1. The van der Waals surface area contributed by atoms with E-state index in [4.69, 9.17) is 0 Å². The molecule has 0 atom stereocenters. The summed E-state index contributed by atoms with van der Waals surface area (Å²) >= 11 is 0. The Balaban J connectivity index is 1.42. The number of para-hydroxylation sites is 1. The summed E-state index contributed by atoms with van der Waals surface area (Å²) in [5, 5.41) is 2.99. The molecule has 174 valence electrons. The minimum absolute atomic E-state index is 0.191. The normalized spacial score (nSPS) is 18.7. The van der Waals surface area contributed by atoms with Gasteiger partial charge in [-0.15, -0.1) is 13.2 Å². The fourth-order valence-electron chi connectivity index (χ4n) is 4.62. The maximum atomic E-state index is 13.0. The van der Waals surface area contributed by atoms with Gasteiger partial charge >= 0.3 is 6.36 Å². The molecule has 33 heavy (non-hydrogen) atoms. The van der Waals surface area contributed by atoms with Crippen LogP contribution in [0.2, 0.25) is 0 Å². The van der Waals surface area contributed by atoms with Gasteiger partial charge in [0.15, 0.2) is 0 Å². The van der Waals surface area contributed by atoms with E-state index < -0.39 is 6.36 Å². The number of rotatable bonds is 6. The molecule has 0 radical (unpaired) electrons. The number of alkyl halides is 3. The molecule has 1 heterocycles. The first kappa shape index (κ1) is 23.0. The molecule has 1 aliphatic rings. The van der Waals surface area contributed by atoms with Crippen molar-refractivity contribution >= 4 is 5.91 Å². The molecule has 0 unspecified atom stereocenters. The topological polar surface area (TPSA) is 54.1 Å². The highest BCUT2D eigenvalue weighted by Crippen LogP contribution is 2.37. The van der Waals surface area contributed by atoms with Gasteiger partial charge in [0, 0.05) is 17.8 Å². The molecule has 1 aromatic heterocycles. The van der Waals surface area contributed by atoms with Gasteiger partial charge in [-0.1, -0.05) is 42.5 Å². The molecule has 1 amide bonds. The summed E-state index contributed by atoms with van der Waals surface area (Å²) in [5.41, 5.74) is 2.87. The lowest BCUT2D eigenvalue weighted by atomic mass is 9.78. The lowest BCUT2D eigenvalue weighted by molar-refractivity contribution is -0.274. The van der Waals surface area contributed by atoms with Crippen molar-refractivity contribution in [1.82, 2.24) is 10.3 Å². The van der Waals surface area contributed by atoms with Gasteiger partial charge in [-0.2, -0.15) is 0 Å². The quantitative estimate of drug-likeness (QED) is 0.440. The number of nitrogens with one attached hydrogen (secondary N) is 2. The molecule has 0 aliphatic heterocycles. The third-order valence-corrected chi connectivity index (χ3v) is 6.25. The standard InChI is InChI=1S/C26H27F3N2O2/c1-17-15-22(24(31-17)21-9-5-6-10-23(21)33-26(27,28)29)25(32)30-16-18-11-13-20(14-12-18)19-7-3-2-4-8-19/h2-10,15,18,20,31H,11-14,16H2,1H3,(H,30,32). The third kappa shape index (κ3) is 5.78. The zero-order valence-corrected chi connectivity index (χ0v) is 18.4. The Labute approximate surface area is 191 Å². The highest BCUT2D eigenvalue weighted by Gasteiger charge is 2.33. The van der Waals surface area contributed by atoms with Crippen LogP contribution in [0.4, 0.5) is 13.2 Å². The Kier molecular flexibility index (Phi) is 6.77. The average Bonchev–Trinajstić information content (AvgIpc) is 3.19. The van der Waals surface area contributed by atoms with E-state index in [1.165, 1.54) is 23.8 Å². The van der Waals surface area contributed by atoms with E-state index >= 15 is 0 Å². The smallest absolute Gasteiger partial charge is 0.405 e. The van der Waals surface area contributed by atoms with Crippen LogP contribution in [0.15, 0.2) is 60.7 Å². The van der Waals surface area contributed by atoms with Crippen molar-refractivity contribution in [3.05, 3.63) is 77.5 Å². The second kappa shape index (κ2) is 9.73. The number of aromatic amines is 1. The summed E-state index contributed by atoms with van der Waals surface area (Å²) in [5.74, 6) is 0.293. The van der Waals surface area contributed by atoms with Crippen LogP contribution in [0.3, 0.4) is 0 Å². The number of hydrogen-bond acceptors (Lipinski definition) is 2. The minimum Gasteiger partial charge on any atom is -0.405 e. The number of hydrogen-bond donors (Lipinski definition) is 2. The molecule has 7 heteroatoms. The molecule has 0 bridgehead atoms. The second-order valence-corrected chi connectivity index (χ2v) is 8.62. The molecule has 4 nitrogen and oxygen atoms in total. The van der Waals surface area contributed by atoms with E-state index in [0.29, 0.717) is 35.3 Å². The number of ether oxygens (including phenoxy) is 1. The van der Waals surface area contributed by atoms with Gasteiger partial charge in [-0.3, -0.25) is 4.79 Å². The fourth-order valence-corrected chi connectivity index (χ4v) is 4.62. The van der Waals surface area contributed by atoms with E-state index in [9.17, 15) is 18.0 Å². The maximum Gasteiger partial charge on any atom is 0.573 e. The van der Waals surface area contributed by atoms with Gasteiger partial charge in [-0.05, 0) is 68.2 Å². The van der Waals surface area contributed by atoms with Gasteiger partial charge in [0.05, 0.1) is 11.3 Å². The Hall–Kier alpha value is -3.22. The first-order valence-corrected chi connectivity index (χ1v) is 11.2. The fraction of sp³-hybridized carbons (Fsp3) is 0.346. The van der Waals surface area contributed by atoms with Crippen LogP contribution in [0.1, 0.15) is 53.2 Å². The van der Waals surface area contributed by atoms with Gasteiger partial charge in [0.2, 0.25) is 0 Å². The highest BCUT2D eigenvalue weighted by molar-refractivity contribution is 6.01. The minimum atomic E-state index is -4.82. The van der Waals surface area contributed by atoms with E-state index in [2.05, 4.69) is 39.3 Å². The number of aryl methyl sites for hydroxylation is 1. The number of carbonyl (C=O) groups excluding carboxylic acids is 1. The summed E-state index contributed by atoms with van der Waals surface area (Å²) in [6, 6.07) is 18.0. The summed E-state index contributed by atoms with van der Waals surface area (Å²) in [6.07, 6.45) is -0.594. The van der Waals surface area contributed by atoms with Crippen molar-refractivity contribution in [3.63, 3.8) is 0 Å². The third-order valence-electron chi connectivity index (χ3n) is 6.25. The van der Waals surface area contributed by atoms with Crippen LogP contribution >= 0.6 is 0 Å².